The molecular formula is C13H15ClN4O2S2. The van der Waals surface area contributed by atoms with Crippen LogP contribution in [0.3, 0.4) is 0 Å². The fourth-order valence-electron chi connectivity index (χ4n) is 1.93. The summed E-state index contributed by atoms with van der Waals surface area (Å²) in [7, 11) is -1.98. The maximum atomic E-state index is 11.7. The average molecular weight is 359 g/mol. The quantitative estimate of drug-likeness (QED) is 0.775. The molecule has 6 nitrogen and oxygen atoms in total. The normalized spacial score (nSPS) is 15.0. The standard InChI is InChI=1S/C13H15ClN4O2S2/c1-15-22(19,20)12-5-4-9(21-12)7-16-11-6-10(14)17-13(18-11)8-2-3-8/h4-6,8,15H,2-3,7H2,1H3,(H,16,17,18). The van der Waals surface area contributed by atoms with E-state index in [1.807, 2.05) is 0 Å². The zero-order valence-corrected chi connectivity index (χ0v) is 14.2. The van der Waals surface area contributed by atoms with E-state index in [0.29, 0.717) is 27.6 Å². The summed E-state index contributed by atoms with van der Waals surface area (Å²) in [5.74, 6) is 1.86. The molecule has 22 heavy (non-hydrogen) atoms. The SMILES string of the molecule is CNS(=O)(=O)c1ccc(CNc2cc(Cl)nc(C3CC3)n2)s1. The van der Waals surface area contributed by atoms with Crippen LogP contribution in [0.2, 0.25) is 5.15 Å². The summed E-state index contributed by atoms with van der Waals surface area (Å²) in [6.07, 6.45) is 2.21. The minimum Gasteiger partial charge on any atom is -0.365 e. The molecule has 2 N–H and O–H groups in total. The maximum absolute atomic E-state index is 11.7. The van der Waals surface area contributed by atoms with Crippen molar-refractivity contribution in [1.29, 1.82) is 0 Å². The van der Waals surface area contributed by atoms with Gasteiger partial charge in [0.1, 0.15) is 21.0 Å². The Balaban J connectivity index is 1.70. The van der Waals surface area contributed by atoms with Gasteiger partial charge in [-0.25, -0.2) is 23.1 Å². The molecule has 3 rings (SSSR count). The van der Waals surface area contributed by atoms with E-state index in [0.717, 1.165) is 23.5 Å². The average Bonchev–Trinajstić information content (AvgIpc) is 3.22. The highest BCUT2D eigenvalue weighted by Crippen LogP contribution is 2.38. The first-order valence-electron chi connectivity index (χ1n) is 6.78. The number of halogens is 1. The number of nitrogens with zero attached hydrogens (tertiary/aromatic N) is 2. The van der Waals surface area contributed by atoms with Crippen LogP contribution in [0, 0.1) is 0 Å². The summed E-state index contributed by atoms with van der Waals surface area (Å²) in [6.45, 7) is 0.487. The summed E-state index contributed by atoms with van der Waals surface area (Å²) in [5, 5.41) is 3.59. The lowest BCUT2D eigenvalue weighted by molar-refractivity contribution is 0.590. The van der Waals surface area contributed by atoms with Gasteiger partial charge in [0.15, 0.2) is 0 Å². The van der Waals surface area contributed by atoms with Gasteiger partial charge in [-0.1, -0.05) is 11.6 Å². The third kappa shape index (κ3) is 3.57. The molecule has 1 saturated carbocycles. The van der Waals surface area contributed by atoms with Crippen LogP contribution < -0.4 is 10.0 Å². The fraction of sp³-hybridized carbons (Fsp3) is 0.385. The highest BCUT2D eigenvalue weighted by molar-refractivity contribution is 7.91. The lowest BCUT2D eigenvalue weighted by Crippen LogP contribution is -2.17. The van der Waals surface area contributed by atoms with Crippen LogP contribution in [0.1, 0.15) is 29.5 Å². The first-order valence-corrected chi connectivity index (χ1v) is 9.46. The third-order valence-electron chi connectivity index (χ3n) is 3.27. The van der Waals surface area contributed by atoms with Gasteiger partial charge in [0, 0.05) is 16.9 Å². The van der Waals surface area contributed by atoms with Gasteiger partial charge >= 0.3 is 0 Å². The maximum Gasteiger partial charge on any atom is 0.249 e. The molecule has 2 heterocycles. The van der Waals surface area contributed by atoms with E-state index in [2.05, 4.69) is 20.0 Å². The van der Waals surface area contributed by atoms with Crippen LogP contribution in [0.5, 0.6) is 0 Å². The van der Waals surface area contributed by atoms with Gasteiger partial charge in [-0.15, -0.1) is 11.3 Å². The molecular weight excluding hydrogens is 344 g/mol. The van der Waals surface area contributed by atoms with Crippen molar-refractivity contribution >= 4 is 38.8 Å². The zero-order valence-electron chi connectivity index (χ0n) is 11.8. The van der Waals surface area contributed by atoms with E-state index in [1.54, 1.807) is 18.2 Å². The Bertz CT molecular complexity index is 787. The van der Waals surface area contributed by atoms with Gasteiger partial charge in [0.25, 0.3) is 0 Å². The van der Waals surface area contributed by atoms with Gasteiger partial charge in [-0.3, -0.25) is 0 Å². The van der Waals surface area contributed by atoms with Crippen molar-refractivity contribution in [3.63, 3.8) is 0 Å². The summed E-state index contributed by atoms with van der Waals surface area (Å²) in [5.41, 5.74) is 0. The Hall–Kier alpha value is -1.22. The highest BCUT2D eigenvalue weighted by atomic mass is 35.5. The number of rotatable bonds is 6. The molecule has 2 aromatic heterocycles. The van der Waals surface area contributed by atoms with Crippen molar-refractivity contribution in [3.05, 3.63) is 34.1 Å². The van der Waals surface area contributed by atoms with Crippen molar-refractivity contribution in [2.45, 2.75) is 29.5 Å². The molecule has 0 aliphatic heterocycles. The van der Waals surface area contributed by atoms with E-state index < -0.39 is 10.0 Å². The third-order valence-corrected chi connectivity index (χ3v) is 6.45. The van der Waals surface area contributed by atoms with Crippen molar-refractivity contribution in [3.8, 4) is 0 Å². The number of hydrogen-bond donors (Lipinski definition) is 2. The monoisotopic (exact) mass is 358 g/mol. The van der Waals surface area contributed by atoms with Crippen LogP contribution >= 0.6 is 22.9 Å². The second kappa shape index (κ2) is 6.11. The van der Waals surface area contributed by atoms with Crippen molar-refractivity contribution < 1.29 is 8.42 Å². The first kappa shape index (κ1) is 15.7. The molecule has 1 fully saturated rings. The fourth-order valence-corrected chi connectivity index (χ4v) is 4.25. The molecule has 0 bridgehead atoms. The summed E-state index contributed by atoms with van der Waals surface area (Å²) in [6, 6.07) is 5.05. The smallest absolute Gasteiger partial charge is 0.249 e. The summed E-state index contributed by atoms with van der Waals surface area (Å²) in [4.78, 5) is 9.58. The van der Waals surface area contributed by atoms with Crippen LogP contribution in [0.15, 0.2) is 22.4 Å². The van der Waals surface area contributed by atoms with E-state index in [-0.39, 0.29) is 0 Å². The Kier molecular flexibility index (Phi) is 4.35. The minimum atomic E-state index is -3.38. The predicted octanol–water partition coefficient (Wildman–Crippen LogP) is 2.59. The molecule has 0 unspecified atom stereocenters. The molecule has 1 aliphatic carbocycles. The minimum absolute atomic E-state index is 0.297. The molecule has 0 atom stereocenters. The molecule has 1 aliphatic rings. The van der Waals surface area contributed by atoms with Gasteiger partial charge in [0.2, 0.25) is 10.0 Å². The Morgan fingerprint density at radius 3 is 2.82 bits per heavy atom. The second-order valence-electron chi connectivity index (χ2n) is 4.99. The number of sulfonamides is 1. The largest absolute Gasteiger partial charge is 0.365 e. The van der Waals surface area contributed by atoms with E-state index in [9.17, 15) is 8.42 Å². The molecule has 0 aromatic carbocycles. The van der Waals surface area contributed by atoms with Crippen LogP contribution in [0.25, 0.3) is 0 Å². The van der Waals surface area contributed by atoms with Crippen LogP contribution in [-0.4, -0.2) is 25.4 Å². The van der Waals surface area contributed by atoms with Gasteiger partial charge in [-0.2, -0.15) is 0 Å². The second-order valence-corrected chi connectivity index (χ2v) is 8.66. The van der Waals surface area contributed by atoms with Gasteiger partial charge < -0.3 is 5.32 Å². The number of aromatic nitrogens is 2. The van der Waals surface area contributed by atoms with E-state index in [1.165, 1.54) is 18.4 Å². The summed E-state index contributed by atoms with van der Waals surface area (Å²) < 4.78 is 26.0. The molecule has 0 spiro atoms. The Morgan fingerprint density at radius 2 is 2.14 bits per heavy atom. The molecule has 0 amide bonds. The van der Waals surface area contributed by atoms with Gasteiger partial charge in [0.05, 0.1) is 6.54 Å². The topological polar surface area (TPSA) is 84.0 Å². The molecule has 9 heteroatoms. The van der Waals surface area contributed by atoms with Crippen molar-refractivity contribution in [1.82, 2.24) is 14.7 Å². The Morgan fingerprint density at radius 1 is 1.36 bits per heavy atom. The highest BCUT2D eigenvalue weighted by Gasteiger charge is 2.27. The van der Waals surface area contributed by atoms with Crippen LogP contribution in [-0.2, 0) is 16.6 Å². The van der Waals surface area contributed by atoms with Gasteiger partial charge in [-0.05, 0) is 32.0 Å². The zero-order chi connectivity index (χ0) is 15.7. The van der Waals surface area contributed by atoms with Crippen LogP contribution in [0.4, 0.5) is 5.82 Å². The number of anilines is 1. The van der Waals surface area contributed by atoms with Crippen molar-refractivity contribution in [2.24, 2.45) is 0 Å². The predicted molar refractivity (Wildman–Crippen MR) is 86.9 cm³/mol. The molecule has 0 saturated heterocycles. The molecule has 118 valence electrons. The summed E-state index contributed by atoms with van der Waals surface area (Å²) >= 11 is 7.23. The number of nitrogens with one attached hydrogen (secondary N) is 2. The lowest BCUT2D eigenvalue weighted by Gasteiger charge is -2.06. The van der Waals surface area contributed by atoms with Crippen molar-refractivity contribution in [2.75, 3.05) is 12.4 Å². The Labute approximate surface area is 138 Å². The number of thiophene rings is 1. The lowest BCUT2D eigenvalue weighted by atomic mass is 10.4. The van der Waals surface area contributed by atoms with E-state index in [4.69, 9.17) is 11.6 Å². The van der Waals surface area contributed by atoms with E-state index >= 15 is 0 Å². The first-order chi connectivity index (χ1) is 10.5. The molecule has 0 radical (unpaired) electrons. The molecule has 2 aromatic rings. The number of hydrogen-bond acceptors (Lipinski definition) is 6.